The highest BCUT2D eigenvalue weighted by molar-refractivity contribution is 6.14. The summed E-state index contributed by atoms with van der Waals surface area (Å²) >= 11 is 0. The highest BCUT2D eigenvalue weighted by Gasteiger charge is 2.24. The molecule has 0 fully saturated rings. The first kappa shape index (κ1) is 61.8. The van der Waals surface area contributed by atoms with Crippen LogP contribution in [0.15, 0.2) is 48.5 Å². The van der Waals surface area contributed by atoms with Crippen LogP contribution in [0.3, 0.4) is 0 Å². The summed E-state index contributed by atoms with van der Waals surface area (Å²) in [5.41, 5.74) is 4.31. The second-order valence-corrected chi connectivity index (χ2v) is 21.5. The minimum atomic E-state index is 0.190. The fraction of sp³-hybridized carbons (Fsp3) is 0.800. The molecule has 0 saturated carbocycles. The lowest BCUT2D eigenvalue weighted by atomic mass is 9.98. The third kappa shape index (κ3) is 32.6. The number of carbonyl (C=O) groups is 1. The monoisotopic (exact) mass is 941 g/mol. The molecule has 3 heteroatoms. The standard InChI is InChI=1S/C65H116N2O/c1-5-9-13-17-21-25-29-33-37-41-48-57-66(58-49-42-38-34-30-26-22-18-14-10-6-2)63-56-52-55-62(65(68)61-53-46-45-47-54-61)64(63)67(59-50-43-39-35-31-27-23-19-15-11-7-3)60-51-44-40-36-32-28-24-20-16-12-8-4/h45-47,52-56H,5-44,48-51,57-60H2,1-4H3. The summed E-state index contributed by atoms with van der Waals surface area (Å²) in [6.45, 7) is 13.5. The van der Waals surface area contributed by atoms with Gasteiger partial charge in [-0.3, -0.25) is 4.79 Å². The molecule has 0 N–H and O–H groups in total. The van der Waals surface area contributed by atoms with E-state index in [1.165, 1.54) is 294 Å². The first-order chi connectivity index (χ1) is 33.7. The lowest BCUT2D eigenvalue weighted by Gasteiger charge is -2.34. The van der Waals surface area contributed by atoms with Crippen molar-refractivity contribution < 1.29 is 4.79 Å². The Morgan fingerprint density at radius 3 is 0.853 bits per heavy atom. The normalized spacial score (nSPS) is 11.5. The first-order valence-corrected chi connectivity index (χ1v) is 30.9. The fourth-order valence-electron chi connectivity index (χ4n) is 10.6. The quantitative estimate of drug-likeness (QED) is 0.0488. The van der Waals surface area contributed by atoms with Crippen LogP contribution in [0, 0.1) is 0 Å². The van der Waals surface area contributed by atoms with E-state index < -0.39 is 0 Å². The second kappa shape index (κ2) is 47.1. The molecule has 2 aromatic rings. The van der Waals surface area contributed by atoms with Crippen LogP contribution in [-0.2, 0) is 0 Å². The number of nitrogens with zero attached hydrogens (tertiary/aromatic N) is 2. The van der Waals surface area contributed by atoms with E-state index in [-0.39, 0.29) is 5.78 Å². The van der Waals surface area contributed by atoms with Gasteiger partial charge in [-0.15, -0.1) is 0 Å². The third-order valence-electron chi connectivity index (χ3n) is 15.1. The summed E-state index contributed by atoms with van der Waals surface area (Å²) in [5.74, 6) is 0.190. The Morgan fingerprint density at radius 1 is 0.294 bits per heavy atom. The van der Waals surface area contributed by atoms with E-state index in [1.54, 1.807) is 0 Å². The summed E-state index contributed by atoms with van der Waals surface area (Å²) in [6.07, 6.45) is 60.1. The van der Waals surface area contributed by atoms with Gasteiger partial charge < -0.3 is 9.80 Å². The summed E-state index contributed by atoms with van der Waals surface area (Å²) in [6, 6.07) is 17.0. The molecule has 0 spiro atoms. The Balaban J connectivity index is 2.28. The maximum Gasteiger partial charge on any atom is 0.195 e. The van der Waals surface area contributed by atoms with Gasteiger partial charge in [-0.1, -0.05) is 321 Å². The molecule has 0 aliphatic rings. The Hall–Kier alpha value is -2.29. The molecule has 2 rings (SSSR count). The molecule has 0 aliphatic carbocycles. The number of para-hydroxylation sites is 1. The molecule has 0 saturated heterocycles. The Kier molecular flexibility index (Phi) is 42.8. The molecule has 0 unspecified atom stereocenters. The zero-order valence-corrected chi connectivity index (χ0v) is 46.4. The SMILES string of the molecule is CCCCCCCCCCCCCN(CCCCCCCCCCCCC)c1cccc(C(=O)c2ccccc2)c1N(CCCCCCCCCCCCC)CCCCCCCCCCCCC. The van der Waals surface area contributed by atoms with Gasteiger partial charge in [0.25, 0.3) is 0 Å². The molecular weight excluding hydrogens is 825 g/mol. The van der Waals surface area contributed by atoms with Crippen molar-refractivity contribution in [1.82, 2.24) is 0 Å². The number of rotatable bonds is 52. The van der Waals surface area contributed by atoms with E-state index in [0.717, 1.165) is 37.3 Å². The summed E-state index contributed by atoms with van der Waals surface area (Å²) in [7, 11) is 0. The van der Waals surface area contributed by atoms with Crippen molar-refractivity contribution >= 4 is 17.2 Å². The van der Waals surface area contributed by atoms with E-state index >= 15 is 0 Å². The number of hydrogen-bond donors (Lipinski definition) is 0. The number of unbranched alkanes of at least 4 members (excludes halogenated alkanes) is 40. The molecule has 3 nitrogen and oxygen atoms in total. The molecule has 0 aliphatic heterocycles. The van der Waals surface area contributed by atoms with E-state index in [9.17, 15) is 4.79 Å². The summed E-state index contributed by atoms with van der Waals surface area (Å²) < 4.78 is 0. The van der Waals surface area contributed by atoms with Crippen molar-refractivity contribution in [2.24, 2.45) is 0 Å². The largest absolute Gasteiger partial charge is 0.370 e. The Labute approximate surface area is 426 Å². The van der Waals surface area contributed by atoms with Crippen LogP contribution >= 0.6 is 0 Å². The van der Waals surface area contributed by atoms with Gasteiger partial charge in [0.05, 0.1) is 11.4 Å². The first-order valence-electron chi connectivity index (χ1n) is 30.9. The van der Waals surface area contributed by atoms with Gasteiger partial charge >= 0.3 is 0 Å². The van der Waals surface area contributed by atoms with Crippen molar-refractivity contribution in [2.75, 3.05) is 36.0 Å². The van der Waals surface area contributed by atoms with Gasteiger partial charge in [0.2, 0.25) is 0 Å². The Bertz CT molecular complexity index is 1300. The molecule has 0 heterocycles. The van der Waals surface area contributed by atoms with Crippen LogP contribution in [0.25, 0.3) is 0 Å². The van der Waals surface area contributed by atoms with Crippen LogP contribution in [0.1, 0.15) is 326 Å². The maximum absolute atomic E-state index is 14.7. The van der Waals surface area contributed by atoms with E-state index in [0.29, 0.717) is 0 Å². The second-order valence-electron chi connectivity index (χ2n) is 21.5. The number of hydrogen-bond acceptors (Lipinski definition) is 3. The number of anilines is 2. The molecular formula is C65H116N2O. The molecule has 0 radical (unpaired) electrons. The van der Waals surface area contributed by atoms with Gasteiger partial charge in [0, 0.05) is 37.3 Å². The summed E-state index contributed by atoms with van der Waals surface area (Å²) in [5, 5.41) is 0. The fourth-order valence-corrected chi connectivity index (χ4v) is 10.6. The van der Waals surface area contributed by atoms with Crippen molar-refractivity contribution in [3.8, 4) is 0 Å². The molecule has 0 atom stereocenters. The number of benzene rings is 2. The average molecular weight is 942 g/mol. The maximum atomic E-state index is 14.7. The predicted molar refractivity (Wildman–Crippen MR) is 307 cm³/mol. The minimum absolute atomic E-state index is 0.190. The van der Waals surface area contributed by atoms with Gasteiger partial charge in [-0.05, 0) is 37.8 Å². The third-order valence-corrected chi connectivity index (χ3v) is 15.1. The lowest BCUT2D eigenvalue weighted by Crippen LogP contribution is -2.33. The van der Waals surface area contributed by atoms with Crippen molar-refractivity contribution in [3.05, 3.63) is 59.7 Å². The number of ketones is 1. The zero-order valence-electron chi connectivity index (χ0n) is 46.4. The smallest absolute Gasteiger partial charge is 0.195 e. The lowest BCUT2D eigenvalue weighted by molar-refractivity contribution is 0.103. The summed E-state index contributed by atoms with van der Waals surface area (Å²) in [4.78, 5) is 20.2. The van der Waals surface area contributed by atoms with Crippen LogP contribution < -0.4 is 9.80 Å². The molecule has 2 aromatic carbocycles. The molecule has 0 amide bonds. The van der Waals surface area contributed by atoms with Gasteiger partial charge in [-0.25, -0.2) is 0 Å². The molecule has 68 heavy (non-hydrogen) atoms. The predicted octanol–water partition coefficient (Wildman–Crippen LogP) is 21.8. The Morgan fingerprint density at radius 2 is 0.559 bits per heavy atom. The molecule has 392 valence electrons. The highest BCUT2D eigenvalue weighted by atomic mass is 16.1. The van der Waals surface area contributed by atoms with Crippen molar-refractivity contribution in [3.63, 3.8) is 0 Å². The van der Waals surface area contributed by atoms with Crippen molar-refractivity contribution in [1.29, 1.82) is 0 Å². The zero-order chi connectivity index (χ0) is 48.6. The van der Waals surface area contributed by atoms with E-state index in [4.69, 9.17) is 0 Å². The van der Waals surface area contributed by atoms with Crippen LogP contribution in [0.2, 0.25) is 0 Å². The van der Waals surface area contributed by atoms with Gasteiger partial charge in [0.1, 0.15) is 0 Å². The van der Waals surface area contributed by atoms with Crippen molar-refractivity contribution in [2.45, 2.75) is 310 Å². The van der Waals surface area contributed by atoms with Crippen LogP contribution in [0.4, 0.5) is 11.4 Å². The average Bonchev–Trinajstić information content (AvgIpc) is 3.36. The minimum Gasteiger partial charge on any atom is -0.370 e. The number of carbonyl (C=O) groups excluding carboxylic acids is 1. The van der Waals surface area contributed by atoms with E-state index in [2.05, 4.69) is 55.7 Å². The van der Waals surface area contributed by atoms with Crippen LogP contribution in [0.5, 0.6) is 0 Å². The van der Waals surface area contributed by atoms with Gasteiger partial charge in [0.15, 0.2) is 5.78 Å². The van der Waals surface area contributed by atoms with Crippen LogP contribution in [-0.4, -0.2) is 32.0 Å². The topological polar surface area (TPSA) is 23.6 Å². The molecule has 0 aromatic heterocycles. The van der Waals surface area contributed by atoms with E-state index in [1.807, 2.05) is 30.3 Å². The molecule has 0 bridgehead atoms. The highest BCUT2D eigenvalue weighted by Crippen LogP contribution is 2.36. The van der Waals surface area contributed by atoms with Gasteiger partial charge in [-0.2, -0.15) is 0 Å².